The van der Waals surface area contributed by atoms with E-state index in [1.165, 1.54) is 13.2 Å². The van der Waals surface area contributed by atoms with E-state index < -0.39 is 12.0 Å². The van der Waals surface area contributed by atoms with Gasteiger partial charge in [0.1, 0.15) is 6.04 Å². The molecule has 5 heteroatoms. The Kier molecular flexibility index (Phi) is 6.74. The lowest BCUT2D eigenvalue weighted by Crippen LogP contribution is -2.32. The van der Waals surface area contributed by atoms with Crippen molar-refractivity contribution in [1.29, 1.82) is 0 Å². The monoisotopic (exact) mass is 241 g/mol. The fourth-order valence-corrected chi connectivity index (χ4v) is 1.20. The second kappa shape index (κ2) is 7.51. The highest BCUT2D eigenvalue weighted by molar-refractivity contribution is 5.73. The van der Waals surface area contributed by atoms with Gasteiger partial charge >= 0.3 is 5.97 Å². The Hall–Kier alpha value is -1.75. The molecule has 1 aromatic carbocycles. The lowest BCUT2D eigenvalue weighted by atomic mass is 10.1. The maximum atomic E-state index is 10.5. The lowest BCUT2D eigenvalue weighted by molar-refractivity contribution is -0.138. The van der Waals surface area contributed by atoms with Gasteiger partial charge in [0.25, 0.3) is 0 Å². The summed E-state index contributed by atoms with van der Waals surface area (Å²) in [6, 6.07) is 3.72. The molecule has 0 bridgehead atoms. The summed E-state index contributed by atoms with van der Waals surface area (Å²) >= 11 is 0. The molecule has 0 saturated carbocycles. The number of methoxy groups -OCH3 is 1. The molecule has 0 radical (unpaired) electrons. The molecule has 0 aliphatic carbocycles. The number of hydrogen-bond acceptors (Lipinski definition) is 4. The van der Waals surface area contributed by atoms with Crippen LogP contribution in [0.2, 0.25) is 0 Å². The Labute approximate surface area is 101 Å². The van der Waals surface area contributed by atoms with E-state index in [1.807, 2.05) is 13.8 Å². The molecule has 0 amide bonds. The second-order valence-corrected chi connectivity index (χ2v) is 3.16. The lowest BCUT2D eigenvalue weighted by Gasteiger charge is -2.08. The van der Waals surface area contributed by atoms with Gasteiger partial charge in [-0.3, -0.25) is 4.79 Å². The maximum Gasteiger partial charge on any atom is 0.320 e. The van der Waals surface area contributed by atoms with Gasteiger partial charge in [-0.1, -0.05) is 19.9 Å². The first-order chi connectivity index (χ1) is 8.04. The number of benzene rings is 1. The Morgan fingerprint density at radius 1 is 1.47 bits per heavy atom. The van der Waals surface area contributed by atoms with Crippen molar-refractivity contribution in [3.05, 3.63) is 23.8 Å². The highest BCUT2D eigenvalue weighted by Crippen LogP contribution is 2.26. The van der Waals surface area contributed by atoms with Crippen LogP contribution in [0, 0.1) is 0 Å². The zero-order valence-electron chi connectivity index (χ0n) is 10.3. The van der Waals surface area contributed by atoms with Crippen LogP contribution in [0.4, 0.5) is 0 Å². The summed E-state index contributed by atoms with van der Waals surface area (Å²) < 4.78 is 4.85. The molecule has 0 spiro atoms. The molecule has 0 aromatic heterocycles. The highest BCUT2D eigenvalue weighted by atomic mass is 16.5. The van der Waals surface area contributed by atoms with E-state index in [9.17, 15) is 9.90 Å². The summed E-state index contributed by atoms with van der Waals surface area (Å²) in [4.78, 5) is 10.5. The number of rotatable bonds is 4. The molecule has 17 heavy (non-hydrogen) atoms. The molecule has 1 aromatic rings. The van der Waals surface area contributed by atoms with Gasteiger partial charge in [-0.05, 0) is 24.1 Å². The smallest absolute Gasteiger partial charge is 0.320 e. The number of aromatic hydroxyl groups is 1. The molecular formula is C12H19NO4. The largest absolute Gasteiger partial charge is 0.504 e. The molecule has 1 atom stereocenters. The van der Waals surface area contributed by atoms with Crippen LogP contribution in [-0.2, 0) is 11.2 Å². The third-order valence-electron chi connectivity index (χ3n) is 2.02. The quantitative estimate of drug-likeness (QED) is 0.740. The van der Waals surface area contributed by atoms with Gasteiger partial charge in [-0.2, -0.15) is 0 Å². The number of ether oxygens (including phenoxy) is 1. The molecule has 0 aliphatic rings. The molecule has 0 heterocycles. The van der Waals surface area contributed by atoms with Crippen molar-refractivity contribution in [2.75, 3.05) is 7.11 Å². The summed E-state index contributed by atoms with van der Waals surface area (Å²) in [6.07, 6.45) is 0.173. The fraction of sp³-hybridized carbons (Fsp3) is 0.417. The number of aliphatic carboxylic acids is 1. The van der Waals surface area contributed by atoms with E-state index >= 15 is 0 Å². The van der Waals surface area contributed by atoms with Crippen LogP contribution in [0.15, 0.2) is 18.2 Å². The van der Waals surface area contributed by atoms with Crippen molar-refractivity contribution >= 4 is 5.97 Å². The molecule has 0 fully saturated rings. The molecule has 96 valence electrons. The summed E-state index contributed by atoms with van der Waals surface area (Å²) in [5.74, 6) is -0.736. The number of nitrogens with two attached hydrogens (primary N) is 1. The van der Waals surface area contributed by atoms with Crippen molar-refractivity contribution in [2.45, 2.75) is 26.3 Å². The van der Waals surface area contributed by atoms with Crippen molar-refractivity contribution in [3.8, 4) is 11.5 Å². The maximum absolute atomic E-state index is 10.5. The first-order valence-electron chi connectivity index (χ1n) is 5.39. The standard InChI is InChI=1S/C10H13NO4.C2H6/c1-15-9-3-2-6(5-8(9)12)4-7(11)10(13)14;1-2/h2-3,5,7,12H,4,11H2,1H3,(H,13,14);1-2H3. The van der Waals surface area contributed by atoms with Crippen molar-refractivity contribution in [1.82, 2.24) is 0 Å². The molecule has 1 rings (SSSR count). The summed E-state index contributed by atoms with van der Waals surface area (Å²) in [6.45, 7) is 4.00. The summed E-state index contributed by atoms with van der Waals surface area (Å²) in [7, 11) is 1.44. The van der Waals surface area contributed by atoms with Gasteiger partial charge in [-0.15, -0.1) is 0 Å². The van der Waals surface area contributed by atoms with Crippen LogP contribution < -0.4 is 10.5 Å². The van der Waals surface area contributed by atoms with Gasteiger partial charge in [0.15, 0.2) is 11.5 Å². The molecule has 4 N–H and O–H groups in total. The van der Waals surface area contributed by atoms with E-state index in [-0.39, 0.29) is 12.2 Å². The summed E-state index contributed by atoms with van der Waals surface area (Å²) in [5, 5.41) is 18.0. The molecule has 0 saturated heterocycles. The van der Waals surface area contributed by atoms with Crippen LogP contribution in [0.25, 0.3) is 0 Å². The van der Waals surface area contributed by atoms with Crippen LogP contribution >= 0.6 is 0 Å². The average molecular weight is 241 g/mol. The Bertz CT molecular complexity index is 366. The van der Waals surface area contributed by atoms with Gasteiger partial charge in [0.2, 0.25) is 0 Å². The SMILES string of the molecule is CC.COc1ccc(CC(N)C(=O)O)cc1O. The minimum atomic E-state index is -1.06. The normalized spacial score (nSPS) is 11.1. The first kappa shape index (κ1) is 15.2. The Morgan fingerprint density at radius 3 is 2.47 bits per heavy atom. The number of carbonyl (C=O) groups is 1. The van der Waals surface area contributed by atoms with Crippen LogP contribution in [0.3, 0.4) is 0 Å². The first-order valence-corrected chi connectivity index (χ1v) is 5.39. The van der Waals surface area contributed by atoms with E-state index in [1.54, 1.807) is 12.1 Å². The van der Waals surface area contributed by atoms with E-state index in [2.05, 4.69) is 0 Å². The van der Waals surface area contributed by atoms with Gasteiger partial charge in [0.05, 0.1) is 7.11 Å². The van der Waals surface area contributed by atoms with Crippen LogP contribution in [0.1, 0.15) is 19.4 Å². The fourth-order valence-electron chi connectivity index (χ4n) is 1.20. The number of phenolic OH excluding ortho intramolecular Hbond substituents is 1. The predicted molar refractivity (Wildman–Crippen MR) is 65.3 cm³/mol. The zero-order valence-corrected chi connectivity index (χ0v) is 10.3. The third-order valence-corrected chi connectivity index (χ3v) is 2.02. The number of carboxylic acid groups (broad SMARTS) is 1. The minimum absolute atomic E-state index is 0.0208. The molecular weight excluding hydrogens is 222 g/mol. The predicted octanol–water partition coefficient (Wildman–Crippen LogP) is 1.38. The van der Waals surface area contributed by atoms with Gasteiger partial charge < -0.3 is 20.7 Å². The molecule has 0 aliphatic heterocycles. The number of hydrogen-bond donors (Lipinski definition) is 3. The van der Waals surface area contributed by atoms with Crippen molar-refractivity contribution in [2.24, 2.45) is 5.73 Å². The van der Waals surface area contributed by atoms with Gasteiger partial charge in [-0.25, -0.2) is 0 Å². The average Bonchev–Trinajstić information content (AvgIpc) is 2.31. The summed E-state index contributed by atoms with van der Waals surface area (Å²) in [5.41, 5.74) is 6.01. The molecule has 5 nitrogen and oxygen atoms in total. The molecule has 1 unspecified atom stereocenters. The van der Waals surface area contributed by atoms with Crippen LogP contribution in [-0.4, -0.2) is 29.3 Å². The number of carboxylic acids is 1. The Morgan fingerprint density at radius 2 is 2.06 bits per heavy atom. The van der Waals surface area contributed by atoms with E-state index in [0.29, 0.717) is 11.3 Å². The minimum Gasteiger partial charge on any atom is -0.504 e. The highest BCUT2D eigenvalue weighted by Gasteiger charge is 2.13. The van der Waals surface area contributed by atoms with Crippen molar-refractivity contribution in [3.63, 3.8) is 0 Å². The number of phenols is 1. The topological polar surface area (TPSA) is 92.8 Å². The zero-order chi connectivity index (χ0) is 13.4. The Balaban J connectivity index is 0.00000121. The van der Waals surface area contributed by atoms with E-state index in [0.717, 1.165) is 0 Å². The second-order valence-electron chi connectivity index (χ2n) is 3.16. The van der Waals surface area contributed by atoms with Gasteiger partial charge in [0, 0.05) is 0 Å². The third kappa shape index (κ3) is 4.74. The van der Waals surface area contributed by atoms with Crippen molar-refractivity contribution < 1.29 is 19.7 Å². The van der Waals surface area contributed by atoms with E-state index in [4.69, 9.17) is 15.6 Å². The van der Waals surface area contributed by atoms with Crippen LogP contribution in [0.5, 0.6) is 11.5 Å².